The van der Waals surface area contributed by atoms with Gasteiger partial charge in [0.05, 0.1) is 5.69 Å². The average molecular weight is 281 g/mol. The van der Waals surface area contributed by atoms with E-state index in [4.69, 9.17) is 4.98 Å². The van der Waals surface area contributed by atoms with Gasteiger partial charge in [0.2, 0.25) is 0 Å². The molecule has 0 amide bonds. The van der Waals surface area contributed by atoms with Crippen molar-refractivity contribution in [2.45, 2.75) is 38.3 Å². The van der Waals surface area contributed by atoms with Gasteiger partial charge in [0.25, 0.3) is 0 Å². The van der Waals surface area contributed by atoms with Crippen molar-refractivity contribution in [1.82, 2.24) is 10.3 Å². The highest BCUT2D eigenvalue weighted by molar-refractivity contribution is 5.92. The second kappa shape index (κ2) is 5.30. The van der Waals surface area contributed by atoms with E-state index in [1.165, 1.54) is 48.8 Å². The molecule has 1 heterocycles. The summed E-state index contributed by atoms with van der Waals surface area (Å²) in [5, 5.41) is 5.86. The summed E-state index contributed by atoms with van der Waals surface area (Å²) < 4.78 is 0. The predicted molar refractivity (Wildman–Crippen MR) is 87.6 cm³/mol. The summed E-state index contributed by atoms with van der Waals surface area (Å²) >= 11 is 0. The summed E-state index contributed by atoms with van der Waals surface area (Å²) in [6.07, 6.45) is 5.46. The summed E-state index contributed by atoms with van der Waals surface area (Å²) in [6, 6.07) is 11.6. The highest BCUT2D eigenvalue weighted by atomic mass is 15.2. The summed E-state index contributed by atoms with van der Waals surface area (Å²) in [7, 11) is 1.99. The number of aromatic nitrogens is 1. The predicted octanol–water partition coefficient (Wildman–Crippen LogP) is 3.33. The van der Waals surface area contributed by atoms with E-state index < -0.39 is 0 Å². The Kier molecular flexibility index (Phi) is 3.30. The third-order valence-electron chi connectivity index (χ3n) is 4.54. The van der Waals surface area contributed by atoms with Crippen molar-refractivity contribution in [2.75, 3.05) is 18.5 Å². The molecule has 1 N–H and O–H groups in total. The molecule has 0 bridgehead atoms. The first-order valence-electron chi connectivity index (χ1n) is 8.15. The van der Waals surface area contributed by atoms with E-state index in [0.29, 0.717) is 0 Å². The zero-order chi connectivity index (χ0) is 14.2. The molecule has 1 aromatic heterocycles. The standard InChI is InChI=1S/C18H23N3/c1-19-11-15-10-14-4-2-3-5-17(14)18(20-15)21(16-8-9-16)12-13-6-7-13/h2-5,10,13,16,19H,6-9,11-12H2,1H3. The molecule has 3 nitrogen and oxygen atoms in total. The van der Waals surface area contributed by atoms with Crippen LogP contribution >= 0.6 is 0 Å². The first-order chi connectivity index (χ1) is 10.3. The van der Waals surface area contributed by atoms with Crippen molar-refractivity contribution < 1.29 is 0 Å². The number of pyridine rings is 1. The Morgan fingerprint density at radius 3 is 2.71 bits per heavy atom. The van der Waals surface area contributed by atoms with E-state index in [0.717, 1.165) is 24.2 Å². The number of nitrogens with zero attached hydrogens (tertiary/aromatic N) is 2. The lowest BCUT2D eigenvalue weighted by molar-refractivity contribution is 0.705. The van der Waals surface area contributed by atoms with Crippen LogP contribution in [0, 0.1) is 5.92 Å². The van der Waals surface area contributed by atoms with Crippen LogP contribution in [0.5, 0.6) is 0 Å². The molecule has 0 saturated heterocycles. The maximum Gasteiger partial charge on any atom is 0.137 e. The Hall–Kier alpha value is -1.61. The van der Waals surface area contributed by atoms with Crippen LogP contribution in [0.25, 0.3) is 10.8 Å². The number of anilines is 1. The minimum absolute atomic E-state index is 0.728. The first kappa shape index (κ1) is 13.1. The Bertz CT molecular complexity index is 644. The van der Waals surface area contributed by atoms with E-state index in [9.17, 15) is 0 Å². The van der Waals surface area contributed by atoms with Crippen LogP contribution in [0.15, 0.2) is 30.3 Å². The molecule has 2 aliphatic carbocycles. The van der Waals surface area contributed by atoms with Gasteiger partial charge >= 0.3 is 0 Å². The molecule has 110 valence electrons. The highest BCUT2D eigenvalue weighted by Gasteiger charge is 2.35. The number of fused-ring (bicyclic) bond motifs is 1. The van der Waals surface area contributed by atoms with Crippen LogP contribution in [0.1, 0.15) is 31.4 Å². The third-order valence-corrected chi connectivity index (χ3v) is 4.54. The van der Waals surface area contributed by atoms with Gasteiger partial charge in [0.1, 0.15) is 5.82 Å². The van der Waals surface area contributed by atoms with Gasteiger partial charge < -0.3 is 10.2 Å². The summed E-state index contributed by atoms with van der Waals surface area (Å²) in [4.78, 5) is 7.59. The first-order valence-corrected chi connectivity index (χ1v) is 8.15. The lowest BCUT2D eigenvalue weighted by Crippen LogP contribution is -2.29. The molecule has 0 radical (unpaired) electrons. The smallest absolute Gasteiger partial charge is 0.137 e. The Balaban J connectivity index is 1.79. The molecule has 2 aliphatic rings. The average Bonchev–Trinajstić information content (AvgIpc) is 3.38. The molecule has 21 heavy (non-hydrogen) atoms. The monoisotopic (exact) mass is 281 g/mol. The minimum Gasteiger partial charge on any atom is -0.353 e. The SMILES string of the molecule is CNCc1cc2ccccc2c(N(CC2CC2)C2CC2)n1. The normalized spacial score (nSPS) is 18.1. The highest BCUT2D eigenvalue weighted by Crippen LogP contribution is 2.39. The molecule has 0 aliphatic heterocycles. The molecule has 0 atom stereocenters. The fourth-order valence-electron chi connectivity index (χ4n) is 3.10. The van der Waals surface area contributed by atoms with Crippen molar-refractivity contribution in [3.63, 3.8) is 0 Å². The van der Waals surface area contributed by atoms with Gasteiger partial charge in [-0.25, -0.2) is 4.98 Å². The van der Waals surface area contributed by atoms with Crippen LogP contribution in [0.3, 0.4) is 0 Å². The van der Waals surface area contributed by atoms with Gasteiger partial charge in [0, 0.05) is 24.5 Å². The second-order valence-corrected chi connectivity index (χ2v) is 6.52. The maximum atomic E-state index is 5.00. The van der Waals surface area contributed by atoms with E-state index in [-0.39, 0.29) is 0 Å². The van der Waals surface area contributed by atoms with Gasteiger partial charge in [0.15, 0.2) is 0 Å². The van der Waals surface area contributed by atoms with Gasteiger partial charge in [-0.15, -0.1) is 0 Å². The topological polar surface area (TPSA) is 28.2 Å². The number of hydrogen-bond donors (Lipinski definition) is 1. The van der Waals surface area contributed by atoms with E-state index >= 15 is 0 Å². The second-order valence-electron chi connectivity index (χ2n) is 6.52. The van der Waals surface area contributed by atoms with Crippen molar-refractivity contribution in [1.29, 1.82) is 0 Å². The fraction of sp³-hybridized carbons (Fsp3) is 0.500. The maximum absolute atomic E-state index is 5.00. The lowest BCUT2D eigenvalue weighted by atomic mass is 10.1. The summed E-state index contributed by atoms with van der Waals surface area (Å²) in [6.45, 7) is 2.03. The van der Waals surface area contributed by atoms with E-state index in [2.05, 4.69) is 40.5 Å². The minimum atomic E-state index is 0.728. The zero-order valence-corrected chi connectivity index (χ0v) is 12.7. The quantitative estimate of drug-likeness (QED) is 0.880. The van der Waals surface area contributed by atoms with Crippen molar-refractivity contribution in [2.24, 2.45) is 5.92 Å². The molecule has 4 rings (SSSR count). The number of nitrogens with one attached hydrogen (secondary N) is 1. The molecule has 2 aromatic rings. The number of hydrogen-bond acceptors (Lipinski definition) is 3. The van der Waals surface area contributed by atoms with E-state index in [1.54, 1.807) is 0 Å². The largest absolute Gasteiger partial charge is 0.353 e. The van der Waals surface area contributed by atoms with E-state index in [1.807, 2.05) is 7.05 Å². The van der Waals surface area contributed by atoms with Gasteiger partial charge in [-0.05, 0) is 50.1 Å². The van der Waals surface area contributed by atoms with Gasteiger partial charge in [-0.1, -0.05) is 24.3 Å². The van der Waals surface area contributed by atoms with Crippen LogP contribution in [-0.2, 0) is 6.54 Å². The molecule has 2 fully saturated rings. The molecular formula is C18H23N3. The van der Waals surface area contributed by atoms with Crippen molar-refractivity contribution in [3.05, 3.63) is 36.0 Å². The Morgan fingerprint density at radius 2 is 2.00 bits per heavy atom. The van der Waals surface area contributed by atoms with Gasteiger partial charge in [-0.3, -0.25) is 0 Å². The fourth-order valence-corrected chi connectivity index (χ4v) is 3.10. The Morgan fingerprint density at radius 1 is 1.19 bits per heavy atom. The van der Waals surface area contributed by atoms with Crippen LogP contribution in [-0.4, -0.2) is 24.6 Å². The molecule has 1 aromatic carbocycles. The third kappa shape index (κ3) is 2.75. The van der Waals surface area contributed by atoms with Crippen LogP contribution < -0.4 is 10.2 Å². The summed E-state index contributed by atoms with van der Waals surface area (Å²) in [5.41, 5.74) is 1.15. The molecular weight excluding hydrogens is 258 g/mol. The Labute approximate surface area is 126 Å². The summed E-state index contributed by atoms with van der Waals surface area (Å²) in [5.74, 6) is 2.12. The van der Waals surface area contributed by atoms with Crippen molar-refractivity contribution in [3.8, 4) is 0 Å². The number of rotatable bonds is 6. The molecule has 3 heteroatoms. The zero-order valence-electron chi connectivity index (χ0n) is 12.7. The van der Waals surface area contributed by atoms with Crippen molar-refractivity contribution >= 4 is 16.6 Å². The lowest BCUT2D eigenvalue weighted by Gasteiger charge is -2.25. The molecule has 2 saturated carbocycles. The molecule has 0 spiro atoms. The van der Waals surface area contributed by atoms with Crippen LogP contribution in [0.2, 0.25) is 0 Å². The van der Waals surface area contributed by atoms with Gasteiger partial charge in [-0.2, -0.15) is 0 Å². The molecule has 0 unspecified atom stereocenters. The number of benzene rings is 1. The van der Waals surface area contributed by atoms with Crippen LogP contribution in [0.4, 0.5) is 5.82 Å².